The molecule has 4 aromatic rings. The molecule has 1 amide bonds. The smallest absolute Gasteiger partial charge is 0.255 e. The topological polar surface area (TPSA) is 42.0 Å². The van der Waals surface area contributed by atoms with Crippen molar-refractivity contribution < 1.29 is 4.79 Å². The Labute approximate surface area is 158 Å². The molecular weight excluding hydrogens is 332 g/mol. The molecule has 1 heterocycles. The number of carbonyl (C=O) groups is 1. The van der Waals surface area contributed by atoms with Crippen LogP contribution in [0.2, 0.25) is 0 Å². The fourth-order valence-electron chi connectivity index (χ4n) is 3.41. The zero-order valence-electron chi connectivity index (χ0n) is 15.4. The van der Waals surface area contributed by atoms with Crippen LogP contribution >= 0.6 is 0 Å². The third kappa shape index (κ3) is 3.44. The Morgan fingerprint density at radius 2 is 1.59 bits per heavy atom. The molecule has 0 saturated carbocycles. The van der Waals surface area contributed by atoms with Crippen molar-refractivity contribution >= 4 is 22.5 Å². The lowest BCUT2D eigenvalue weighted by atomic mass is 9.95. The molecule has 0 unspecified atom stereocenters. The van der Waals surface area contributed by atoms with Gasteiger partial charge < -0.3 is 5.32 Å². The highest BCUT2D eigenvalue weighted by atomic mass is 16.1. The lowest BCUT2D eigenvalue weighted by Gasteiger charge is -2.11. The van der Waals surface area contributed by atoms with Crippen LogP contribution in [0.5, 0.6) is 0 Å². The van der Waals surface area contributed by atoms with Crippen molar-refractivity contribution in [3.05, 3.63) is 95.7 Å². The van der Waals surface area contributed by atoms with E-state index in [-0.39, 0.29) is 5.91 Å². The first kappa shape index (κ1) is 17.0. The lowest BCUT2D eigenvalue weighted by molar-refractivity contribution is 0.102. The minimum absolute atomic E-state index is 0.127. The molecule has 3 heteroatoms. The van der Waals surface area contributed by atoms with Gasteiger partial charge in [0.2, 0.25) is 0 Å². The maximum absolute atomic E-state index is 12.6. The zero-order chi connectivity index (χ0) is 18.8. The summed E-state index contributed by atoms with van der Waals surface area (Å²) < 4.78 is 0. The molecule has 0 bridgehead atoms. The number of fused-ring (bicyclic) bond motifs is 1. The molecule has 0 aliphatic rings. The van der Waals surface area contributed by atoms with Gasteiger partial charge >= 0.3 is 0 Å². The number of carbonyl (C=O) groups excluding carboxylic acids is 1. The summed E-state index contributed by atoms with van der Waals surface area (Å²) in [6.07, 6.45) is 1.75. The molecule has 1 aromatic heterocycles. The molecule has 0 saturated heterocycles. The molecule has 3 nitrogen and oxygen atoms in total. The minimum Gasteiger partial charge on any atom is -0.322 e. The van der Waals surface area contributed by atoms with Gasteiger partial charge in [-0.2, -0.15) is 0 Å². The highest BCUT2D eigenvalue weighted by Crippen LogP contribution is 2.27. The molecule has 0 aliphatic heterocycles. The predicted molar refractivity (Wildman–Crippen MR) is 111 cm³/mol. The van der Waals surface area contributed by atoms with Crippen LogP contribution in [0.1, 0.15) is 21.5 Å². The maximum atomic E-state index is 12.6. The SMILES string of the molecule is Cc1cccc(C)c1-c1ccc(C(=O)Nc2ccc3cccnc3c2)cc1. The van der Waals surface area contributed by atoms with E-state index in [2.05, 4.69) is 42.3 Å². The number of hydrogen-bond donors (Lipinski definition) is 1. The van der Waals surface area contributed by atoms with Crippen molar-refractivity contribution in [2.45, 2.75) is 13.8 Å². The van der Waals surface area contributed by atoms with Gasteiger partial charge in [-0.3, -0.25) is 9.78 Å². The van der Waals surface area contributed by atoms with Crippen molar-refractivity contribution in [1.82, 2.24) is 4.98 Å². The Bertz CT molecular complexity index is 1110. The van der Waals surface area contributed by atoms with Gasteiger partial charge in [0.15, 0.2) is 0 Å². The number of nitrogens with one attached hydrogen (secondary N) is 1. The van der Waals surface area contributed by atoms with Crippen molar-refractivity contribution in [1.29, 1.82) is 0 Å². The van der Waals surface area contributed by atoms with Crippen LogP contribution in [0.15, 0.2) is 79.0 Å². The third-order valence-electron chi connectivity index (χ3n) is 4.78. The molecule has 3 aromatic carbocycles. The van der Waals surface area contributed by atoms with Gasteiger partial charge in [-0.1, -0.05) is 42.5 Å². The van der Waals surface area contributed by atoms with E-state index < -0.39 is 0 Å². The van der Waals surface area contributed by atoms with Crippen molar-refractivity contribution in [3.8, 4) is 11.1 Å². The Hall–Kier alpha value is -3.46. The number of hydrogen-bond acceptors (Lipinski definition) is 2. The molecule has 4 rings (SSSR count). The monoisotopic (exact) mass is 352 g/mol. The van der Waals surface area contributed by atoms with Crippen molar-refractivity contribution in [3.63, 3.8) is 0 Å². The fourth-order valence-corrected chi connectivity index (χ4v) is 3.41. The number of amides is 1. The second-order valence-electron chi connectivity index (χ2n) is 6.71. The van der Waals surface area contributed by atoms with Crippen molar-refractivity contribution in [2.24, 2.45) is 0 Å². The number of rotatable bonds is 3. The van der Waals surface area contributed by atoms with Crippen LogP contribution in [0.3, 0.4) is 0 Å². The van der Waals surface area contributed by atoms with Crippen LogP contribution in [0.4, 0.5) is 5.69 Å². The Balaban J connectivity index is 1.57. The van der Waals surface area contributed by atoms with Crippen LogP contribution in [0.25, 0.3) is 22.0 Å². The number of benzene rings is 3. The van der Waals surface area contributed by atoms with E-state index in [0.29, 0.717) is 5.56 Å². The summed E-state index contributed by atoms with van der Waals surface area (Å²) in [5.74, 6) is -0.127. The third-order valence-corrected chi connectivity index (χ3v) is 4.78. The van der Waals surface area contributed by atoms with Crippen LogP contribution in [-0.4, -0.2) is 10.9 Å². The quantitative estimate of drug-likeness (QED) is 0.508. The molecule has 0 aliphatic carbocycles. The predicted octanol–water partition coefficient (Wildman–Crippen LogP) is 5.77. The number of aromatic nitrogens is 1. The van der Waals surface area contributed by atoms with Gasteiger partial charge in [-0.25, -0.2) is 0 Å². The van der Waals surface area contributed by atoms with E-state index in [4.69, 9.17) is 0 Å². The van der Waals surface area contributed by atoms with Gasteiger partial charge in [0.25, 0.3) is 5.91 Å². The number of anilines is 1. The van der Waals surface area contributed by atoms with E-state index in [9.17, 15) is 4.79 Å². The second kappa shape index (κ2) is 7.04. The molecule has 0 fully saturated rings. The molecule has 0 atom stereocenters. The minimum atomic E-state index is -0.127. The van der Waals surface area contributed by atoms with E-state index in [0.717, 1.165) is 22.2 Å². The molecule has 0 radical (unpaired) electrons. The highest BCUT2D eigenvalue weighted by Gasteiger charge is 2.09. The van der Waals surface area contributed by atoms with E-state index >= 15 is 0 Å². The van der Waals surface area contributed by atoms with E-state index in [1.807, 2.05) is 54.6 Å². The van der Waals surface area contributed by atoms with Gasteiger partial charge in [0.1, 0.15) is 0 Å². The fraction of sp³-hybridized carbons (Fsp3) is 0.0833. The second-order valence-corrected chi connectivity index (χ2v) is 6.71. The average Bonchev–Trinajstić information content (AvgIpc) is 2.68. The largest absolute Gasteiger partial charge is 0.322 e. The van der Waals surface area contributed by atoms with Gasteiger partial charge in [-0.05, 0) is 66.4 Å². The number of pyridine rings is 1. The molecule has 27 heavy (non-hydrogen) atoms. The standard InChI is InChI=1S/C24H20N2O/c1-16-5-3-6-17(2)23(16)19-8-10-20(11-9-19)24(27)26-21-13-12-18-7-4-14-25-22(18)15-21/h3-15H,1-2H3,(H,26,27). The summed E-state index contributed by atoms with van der Waals surface area (Å²) in [5, 5.41) is 4.00. The molecular formula is C24H20N2O. The summed E-state index contributed by atoms with van der Waals surface area (Å²) in [7, 11) is 0. The Morgan fingerprint density at radius 1 is 0.852 bits per heavy atom. The van der Waals surface area contributed by atoms with Crippen LogP contribution < -0.4 is 5.32 Å². The summed E-state index contributed by atoms with van der Waals surface area (Å²) in [5.41, 5.74) is 7.05. The summed E-state index contributed by atoms with van der Waals surface area (Å²) in [4.78, 5) is 16.9. The number of aryl methyl sites for hydroxylation is 2. The molecule has 1 N–H and O–H groups in total. The van der Waals surface area contributed by atoms with Gasteiger partial charge in [-0.15, -0.1) is 0 Å². The lowest BCUT2D eigenvalue weighted by Crippen LogP contribution is -2.11. The first-order valence-electron chi connectivity index (χ1n) is 8.94. The first-order valence-corrected chi connectivity index (χ1v) is 8.94. The Morgan fingerprint density at radius 3 is 2.33 bits per heavy atom. The number of nitrogens with zero attached hydrogens (tertiary/aromatic N) is 1. The zero-order valence-corrected chi connectivity index (χ0v) is 15.4. The average molecular weight is 352 g/mol. The summed E-state index contributed by atoms with van der Waals surface area (Å²) >= 11 is 0. The molecule has 132 valence electrons. The van der Waals surface area contributed by atoms with Crippen LogP contribution in [0, 0.1) is 13.8 Å². The van der Waals surface area contributed by atoms with E-state index in [1.165, 1.54) is 16.7 Å². The first-order chi connectivity index (χ1) is 13.1. The maximum Gasteiger partial charge on any atom is 0.255 e. The summed E-state index contributed by atoms with van der Waals surface area (Å²) in [6, 6.07) is 23.7. The Kier molecular flexibility index (Phi) is 4.43. The highest BCUT2D eigenvalue weighted by molar-refractivity contribution is 6.05. The van der Waals surface area contributed by atoms with E-state index in [1.54, 1.807) is 6.20 Å². The van der Waals surface area contributed by atoms with Gasteiger partial charge in [0.05, 0.1) is 5.52 Å². The van der Waals surface area contributed by atoms with Gasteiger partial charge in [0, 0.05) is 22.8 Å². The van der Waals surface area contributed by atoms with Crippen LogP contribution in [-0.2, 0) is 0 Å². The normalized spacial score (nSPS) is 10.7. The summed E-state index contributed by atoms with van der Waals surface area (Å²) in [6.45, 7) is 4.22. The van der Waals surface area contributed by atoms with Crippen molar-refractivity contribution in [2.75, 3.05) is 5.32 Å². The molecule has 0 spiro atoms.